The number of benzene rings is 1. The first-order valence-electron chi connectivity index (χ1n) is 5.31. The highest BCUT2D eigenvalue weighted by atomic mass is 16.2. The SMILES string of the molecule is C[C@@H]1CC(=O)NC(=O)N1Cc1ccccc1. The summed E-state index contributed by atoms with van der Waals surface area (Å²) in [5.41, 5.74) is 1.07. The Morgan fingerprint density at radius 2 is 2.00 bits per heavy atom. The first-order valence-corrected chi connectivity index (χ1v) is 5.31. The zero-order valence-corrected chi connectivity index (χ0v) is 9.14. The number of urea groups is 1. The summed E-state index contributed by atoms with van der Waals surface area (Å²) in [6.07, 6.45) is 0.374. The van der Waals surface area contributed by atoms with Crippen molar-refractivity contribution in [3.05, 3.63) is 35.9 Å². The van der Waals surface area contributed by atoms with Crippen LogP contribution in [0.15, 0.2) is 30.3 Å². The van der Waals surface area contributed by atoms with Gasteiger partial charge in [-0.3, -0.25) is 10.1 Å². The van der Waals surface area contributed by atoms with Crippen LogP contribution in [0, 0.1) is 0 Å². The summed E-state index contributed by atoms with van der Waals surface area (Å²) >= 11 is 0. The van der Waals surface area contributed by atoms with Gasteiger partial charge in [-0.15, -0.1) is 0 Å². The molecule has 0 saturated carbocycles. The molecular weight excluding hydrogens is 204 g/mol. The lowest BCUT2D eigenvalue weighted by Crippen LogP contribution is -2.53. The Hall–Kier alpha value is -1.84. The van der Waals surface area contributed by atoms with Crippen molar-refractivity contribution >= 4 is 11.9 Å². The second-order valence-electron chi connectivity index (χ2n) is 4.02. The maximum Gasteiger partial charge on any atom is 0.324 e. The zero-order valence-electron chi connectivity index (χ0n) is 9.14. The topological polar surface area (TPSA) is 49.4 Å². The van der Waals surface area contributed by atoms with Crippen molar-refractivity contribution in [1.29, 1.82) is 0 Å². The molecule has 2 rings (SSSR count). The molecule has 1 atom stereocenters. The lowest BCUT2D eigenvalue weighted by Gasteiger charge is -2.32. The standard InChI is InChI=1S/C12H14N2O2/c1-9-7-11(15)13-12(16)14(9)8-10-5-3-2-4-6-10/h2-6,9H,7-8H2,1H3,(H,13,15,16)/t9-/m1/s1. The fraction of sp³-hybridized carbons (Fsp3) is 0.333. The van der Waals surface area contributed by atoms with Gasteiger partial charge >= 0.3 is 6.03 Å². The van der Waals surface area contributed by atoms with Gasteiger partial charge in [-0.2, -0.15) is 0 Å². The third kappa shape index (κ3) is 2.21. The Bertz CT molecular complexity index is 403. The van der Waals surface area contributed by atoms with Crippen LogP contribution in [0.25, 0.3) is 0 Å². The average molecular weight is 218 g/mol. The first-order chi connectivity index (χ1) is 7.66. The van der Waals surface area contributed by atoms with E-state index in [9.17, 15) is 9.59 Å². The van der Waals surface area contributed by atoms with Gasteiger partial charge in [-0.05, 0) is 12.5 Å². The maximum atomic E-state index is 11.6. The summed E-state index contributed by atoms with van der Waals surface area (Å²) in [4.78, 5) is 24.4. The number of hydrogen-bond donors (Lipinski definition) is 1. The number of carbonyl (C=O) groups excluding carboxylic acids is 2. The van der Waals surface area contributed by atoms with Crippen LogP contribution in [0.2, 0.25) is 0 Å². The van der Waals surface area contributed by atoms with Crippen molar-refractivity contribution in [2.75, 3.05) is 0 Å². The Balaban J connectivity index is 2.09. The largest absolute Gasteiger partial charge is 0.324 e. The van der Waals surface area contributed by atoms with E-state index in [4.69, 9.17) is 0 Å². The number of amides is 3. The second-order valence-corrected chi connectivity index (χ2v) is 4.02. The molecule has 1 aromatic rings. The van der Waals surface area contributed by atoms with E-state index in [1.165, 1.54) is 0 Å². The zero-order chi connectivity index (χ0) is 11.5. The van der Waals surface area contributed by atoms with Crippen LogP contribution in [0.4, 0.5) is 4.79 Å². The molecule has 3 amide bonds. The number of rotatable bonds is 2. The van der Waals surface area contributed by atoms with E-state index in [0.717, 1.165) is 5.56 Å². The summed E-state index contributed by atoms with van der Waals surface area (Å²) in [6, 6.07) is 9.41. The summed E-state index contributed by atoms with van der Waals surface area (Å²) in [5.74, 6) is -0.193. The summed E-state index contributed by atoms with van der Waals surface area (Å²) in [5, 5.41) is 2.33. The molecule has 0 radical (unpaired) electrons. The van der Waals surface area contributed by atoms with Crippen molar-refractivity contribution in [2.24, 2.45) is 0 Å². The number of imide groups is 1. The lowest BCUT2D eigenvalue weighted by molar-refractivity contribution is -0.122. The number of nitrogens with one attached hydrogen (secondary N) is 1. The molecule has 1 N–H and O–H groups in total. The molecule has 0 spiro atoms. The van der Waals surface area contributed by atoms with Gasteiger partial charge < -0.3 is 4.90 Å². The van der Waals surface area contributed by atoms with Crippen molar-refractivity contribution < 1.29 is 9.59 Å². The van der Waals surface area contributed by atoms with E-state index in [1.54, 1.807) is 4.90 Å². The molecule has 1 aromatic carbocycles. The molecule has 4 heteroatoms. The smallest absolute Gasteiger partial charge is 0.317 e. The van der Waals surface area contributed by atoms with Crippen molar-refractivity contribution in [1.82, 2.24) is 10.2 Å². The average Bonchev–Trinajstić information content (AvgIpc) is 2.25. The summed E-state index contributed by atoms with van der Waals surface area (Å²) in [6.45, 7) is 2.43. The minimum Gasteiger partial charge on any atom is -0.317 e. The van der Waals surface area contributed by atoms with Crippen molar-refractivity contribution in [2.45, 2.75) is 25.9 Å². The van der Waals surface area contributed by atoms with Crippen LogP contribution in [-0.2, 0) is 11.3 Å². The molecule has 1 aliphatic heterocycles. The predicted molar refractivity (Wildman–Crippen MR) is 59.6 cm³/mol. The van der Waals surface area contributed by atoms with Gasteiger partial charge in [0.2, 0.25) is 5.91 Å². The molecule has 1 aliphatic rings. The predicted octanol–water partition coefficient (Wildman–Crippen LogP) is 1.52. The molecule has 84 valence electrons. The second kappa shape index (κ2) is 4.35. The van der Waals surface area contributed by atoms with E-state index in [2.05, 4.69) is 5.32 Å². The van der Waals surface area contributed by atoms with Gasteiger partial charge in [-0.1, -0.05) is 30.3 Å². The molecule has 0 aliphatic carbocycles. The van der Waals surface area contributed by atoms with E-state index in [1.807, 2.05) is 37.3 Å². The summed E-state index contributed by atoms with van der Waals surface area (Å²) in [7, 11) is 0. The lowest BCUT2D eigenvalue weighted by atomic mass is 10.1. The number of hydrogen-bond acceptors (Lipinski definition) is 2. The van der Waals surface area contributed by atoms with E-state index < -0.39 is 0 Å². The molecule has 16 heavy (non-hydrogen) atoms. The van der Waals surface area contributed by atoms with E-state index in [-0.39, 0.29) is 18.0 Å². The normalized spacial score (nSPS) is 20.8. The van der Waals surface area contributed by atoms with E-state index in [0.29, 0.717) is 13.0 Å². The van der Waals surface area contributed by atoms with Gasteiger partial charge in [0, 0.05) is 19.0 Å². The molecule has 4 nitrogen and oxygen atoms in total. The Kier molecular flexibility index (Phi) is 2.90. The highest BCUT2D eigenvalue weighted by molar-refractivity contribution is 5.97. The highest BCUT2D eigenvalue weighted by Gasteiger charge is 2.28. The third-order valence-corrected chi connectivity index (χ3v) is 2.72. The number of nitrogens with zero attached hydrogens (tertiary/aromatic N) is 1. The van der Waals surface area contributed by atoms with Gasteiger partial charge in [-0.25, -0.2) is 4.79 Å². The fourth-order valence-corrected chi connectivity index (χ4v) is 1.83. The highest BCUT2D eigenvalue weighted by Crippen LogP contribution is 2.14. The minimum absolute atomic E-state index is 0.0403. The molecule has 1 saturated heterocycles. The molecule has 0 bridgehead atoms. The van der Waals surface area contributed by atoms with Crippen LogP contribution in [0.3, 0.4) is 0 Å². The Morgan fingerprint density at radius 1 is 1.31 bits per heavy atom. The van der Waals surface area contributed by atoms with Crippen LogP contribution in [0.5, 0.6) is 0 Å². The number of carbonyl (C=O) groups is 2. The van der Waals surface area contributed by atoms with Crippen molar-refractivity contribution in [3.8, 4) is 0 Å². The molecule has 0 aromatic heterocycles. The quantitative estimate of drug-likeness (QED) is 0.818. The molecule has 1 fully saturated rings. The Morgan fingerprint density at radius 3 is 2.62 bits per heavy atom. The molecule has 0 unspecified atom stereocenters. The Labute approximate surface area is 94.2 Å². The minimum atomic E-state index is -0.299. The summed E-state index contributed by atoms with van der Waals surface area (Å²) < 4.78 is 0. The van der Waals surface area contributed by atoms with Crippen LogP contribution in [-0.4, -0.2) is 22.9 Å². The van der Waals surface area contributed by atoms with Gasteiger partial charge in [0.25, 0.3) is 0 Å². The molecule has 1 heterocycles. The van der Waals surface area contributed by atoms with Gasteiger partial charge in [0.05, 0.1) is 0 Å². The van der Waals surface area contributed by atoms with E-state index >= 15 is 0 Å². The van der Waals surface area contributed by atoms with Crippen molar-refractivity contribution in [3.63, 3.8) is 0 Å². The van der Waals surface area contributed by atoms with Crippen LogP contribution < -0.4 is 5.32 Å². The monoisotopic (exact) mass is 218 g/mol. The van der Waals surface area contributed by atoms with Crippen LogP contribution in [0.1, 0.15) is 18.9 Å². The molecular formula is C12H14N2O2. The first kappa shape index (κ1) is 10.7. The van der Waals surface area contributed by atoms with Gasteiger partial charge in [0.15, 0.2) is 0 Å². The van der Waals surface area contributed by atoms with Gasteiger partial charge in [0.1, 0.15) is 0 Å². The van der Waals surface area contributed by atoms with Crippen LogP contribution >= 0.6 is 0 Å². The maximum absolute atomic E-state index is 11.6. The third-order valence-electron chi connectivity index (χ3n) is 2.72. The fourth-order valence-electron chi connectivity index (χ4n) is 1.83.